The summed E-state index contributed by atoms with van der Waals surface area (Å²) in [5.41, 5.74) is 1.26. The van der Waals surface area contributed by atoms with Gasteiger partial charge in [-0.15, -0.1) is 0 Å². The van der Waals surface area contributed by atoms with Crippen molar-refractivity contribution in [2.75, 3.05) is 13.7 Å². The molecule has 0 aliphatic carbocycles. The van der Waals surface area contributed by atoms with Crippen LogP contribution in [0.4, 0.5) is 4.39 Å². The third-order valence-electron chi connectivity index (χ3n) is 5.55. The molecule has 7 nitrogen and oxygen atoms in total. The van der Waals surface area contributed by atoms with Crippen molar-refractivity contribution >= 4 is 17.4 Å². The van der Waals surface area contributed by atoms with Crippen molar-refractivity contribution in [2.45, 2.75) is 19.5 Å². The molecule has 1 saturated heterocycles. The number of aromatic nitrogens is 1. The van der Waals surface area contributed by atoms with Gasteiger partial charge in [0.05, 0.1) is 25.3 Å². The molecule has 8 heteroatoms. The average Bonchev–Trinajstić information content (AvgIpc) is 3.10. The summed E-state index contributed by atoms with van der Waals surface area (Å²) >= 11 is 0. The molecule has 4 rings (SSSR count). The van der Waals surface area contributed by atoms with Crippen LogP contribution in [0.3, 0.4) is 0 Å². The van der Waals surface area contributed by atoms with E-state index in [1.54, 1.807) is 48.8 Å². The number of pyridine rings is 1. The molecule has 2 heterocycles. The quantitative estimate of drug-likeness (QED) is 0.321. The van der Waals surface area contributed by atoms with Crippen molar-refractivity contribution in [2.24, 2.45) is 0 Å². The number of ether oxygens (including phenoxy) is 2. The Kier molecular flexibility index (Phi) is 6.58. The Balaban J connectivity index is 1.84. The highest BCUT2D eigenvalue weighted by atomic mass is 19.1. The number of nitrogens with zero attached hydrogens (tertiary/aromatic N) is 2. The smallest absolute Gasteiger partial charge is 0.295 e. The van der Waals surface area contributed by atoms with E-state index in [0.717, 1.165) is 11.6 Å². The third kappa shape index (κ3) is 4.34. The first-order valence-electron chi connectivity index (χ1n) is 10.7. The van der Waals surface area contributed by atoms with Crippen molar-refractivity contribution in [1.82, 2.24) is 9.88 Å². The molecule has 2 aromatic carbocycles. The number of halogens is 1. The minimum atomic E-state index is -0.888. The van der Waals surface area contributed by atoms with Crippen LogP contribution in [-0.2, 0) is 16.1 Å². The molecular weight excluding hydrogens is 439 g/mol. The van der Waals surface area contributed by atoms with Crippen LogP contribution < -0.4 is 9.47 Å². The van der Waals surface area contributed by atoms with Crippen LogP contribution in [0.1, 0.15) is 29.7 Å². The summed E-state index contributed by atoms with van der Waals surface area (Å²) in [6.45, 7) is 2.45. The van der Waals surface area contributed by atoms with E-state index in [9.17, 15) is 19.1 Å². The molecule has 1 aliphatic rings. The first-order chi connectivity index (χ1) is 16.4. The highest BCUT2D eigenvalue weighted by Gasteiger charge is 2.46. The van der Waals surface area contributed by atoms with Crippen LogP contribution >= 0.6 is 0 Å². The van der Waals surface area contributed by atoms with E-state index in [4.69, 9.17) is 9.47 Å². The number of aliphatic hydroxyl groups excluding tert-OH is 1. The van der Waals surface area contributed by atoms with Crippen molar-refractivity contribution < 1.29 is 28.6 Å². The number of likely N-dealkylation sites (tertiary alicyclic amines) is 1. The number of hydrogen-bond acceptors (Lipinski definition) is 6. The Morgan fingerprint density at radius 3 is 2.53 bits per heavy atom. The fraction of sp³-hybridized carbons (Fsp3) is 0.192. The van der Waals surface area contributed by atoms with E-state index in [1.807, 2.05) is 6.92 Å². The zero-order valence-electron chi connectivity index (χ0n) is 18.7. The van der Waals surface area contributed by atoms with Crippen LogP contribution in [0.5, 0.6) is 11.5 Å². The van der Waals surface area contributed by atoms with Crippen LogP contribution in [0.25, 0.3) is 5.76 Å². The Labute approximate surface area is 196 Å². The van der Waals surface area contributed by atoms with E-state index >= 15 is 0 Å². The Hall–Kier alpha value is -4.20. The largest absolute Gasteiger partial charge is 0.507 e. The summed E-state index contributed by atoms with van der Waals surface area (Å²) in [4.78, 5) is 31.6. The molecule has 1 atom stereocenters. The Morgan fingerprint density at radius 2 is 1.91 bits per heavy atom. The van der Waals surface area contributed by atoms with Gasteiger partial charge in [0.1, 0.15) is 11.5 Å². The number of aliphatic hydroxyl groups is 1. The normalized spacial score (nSPS) is 17.1. The maximum Gasteiger partial charge on any atom is 0.295 e. The lowest BCUT2D eigenvalue weighted by molar-refractivity contribution is -0.140. The highest BCUT2D eigenvalue weighted by Crippen LogP contribution is 2.41. The molecule has 3 aromatic rings. The van der Waals surface area contributed by atoms with E-state index in [0.29, 0.717) is 17.9 Å². The molecule has 0 bridgehead atoms. The number of benzene rings is 2. The molecule has 1 aliphatic heterocycles. The van der Waals surface area contributed by atoms with Gasteiger partial charge in [-0.3, -0.25) is 14.6 Å². The van der Waals surface area contributed by atoms with E-state index in [1.165, 1.54) is 24.1 Å². The van der Waals surface area contributed by atoms with Gasteiger partial charge >= 0.3 is 0 Å². The maximum atomic E-state index is 14.3. The van der Waals surface area contributed by atoms with Crippen LogP contribution in [0.2, 0.25) is 0 Å². The van der Waals surface area contributed by atoms with Gasteiger partial charge in [0.15, 0.2) is 11.6 Å². The lowest BCUT2D eigenvalue weighted by Gasteiger charge is -2.25. The minimum Gasteiger partial charge on any atom is -0.507 e. The number of Topliss-reactive ketones (excluding diaryl/α,β-unsaturated/α-hetero) is 1. The van der Waals surface area contributed by atoms with Crippen LogP contribution in [-0.4, -0.2) is 40.4 Å². The topological polar surface area (TPSA) is 89.0 Å². The third-order valence-corrected chi connectivity index (χ3v) is 5.55. The highest BCUT2D eigenvalue weighted by molar-refractivity contribution is 6.46. The van der Waals surface area contributed by atoms with Crippen molar-refractivity contribution in [3.05, 3.63) is 95.1 Å². The first kappa shape index (κ1) is 23.0. The van der Waals surface area contributed by atoms with Crippen LogP contribution in [0.15, 0.2) is 72.6 Å². The van der Waals surface area contributed by atoms with Gasteiger partial charge in [-0.2, -0.15) is 0 Å². The van der Waals surface area contributed by atoms with Gasteiger partial charge in [-0.1, -0.05) is 18.2 Å². The van der Waals surface area contributed by atoms with E-state index in [2.05, 4.69) is 4.98 Å². The van der Waals surface area contributed by atoms with Gasteiger partial charge < -0.3 is 19.5 Å². The number of ketones is 1. The molecule has 34 heavy (non-hydrogen) atoms. The summed E-state index contributed by atoms with van der Waals surface area (Å²) in [6.07, 6.45) is 3.22. The second-order valence-electron chi connectivity index (χ2n) is 7.64. The summed E-state index contributed by atoms with van der Waals surface area (Å²) in [6, 6.07) is 13.4. The predicted octanol–water partition coefficient (Wildman–Crippen LogP) is 4.25. The van der Waals surface area contributed by atoms with Gasteiger partial charge in [-0.25, -0.2) is 4.39 Å². The molecule has 0 unspecified atom stereocenters. The summed E-state index contributed by atoms with van der Waals surface area (Å²) in [5, 5.41) is 11.1. The standard InChI is InChI=1S/C26H23FN2O5/c1-3-34-19-9-6-17(7-10-19)23-22(24(30)18-8-11-21(33-2)20(27)13-18)25(31)26(32)29(23)15-16-5-4-12-28-14-16/h4-14,23,30H,3,15H2,1-2H3/t23-/m1/s1. The number of rotatable bonds is 7. The van der Waals surface area contributed by atoms with Crippen molar-refractivity contribution in [3.8, 4) is 11.5 Å². The van der Waals surface area contributed by atoms with Gasteiger partial charge in [0.25, 0.3) is 11.7 Å². The molecule has 174 valence electrons. The zero-order chi connectivity index (χ0) is 24.2. The second-order valence-corrected chi connectivity index (χ2v) is 7.64. The molecule has 1 aromatic heterocycles. The summed E-state index contributed by atoms with van der Waals surface area (Å²) in [5.74, 6) is -2.15. The SMILES string of the molecule is CCOc1ccc([C@@H]2C(=C(O)c3ccc(OC)c(F)c3)C(=O)C(=O)N2Cc2cccnc2)cc1. The lowest BCUT2D eigenvalue weighted by atomic mass is 9.95. The molecule has 1 N–H and O–H groups in total. The van der Waals surface area contributed by atoms with Crippen molar-refractivity contribution in [3.63, 3.8) is 0 Å². The summed E-state index contributed by atoms with van der Waals surface area (Å²) < 4.78 is 24.8. The predicted molar refractivity (Wildman–Crippen MR) is 123 cm³/mol. The zero-order valence-corrected chi connectivity index (χ0v) is 18.7. The molecule has 0 spiro atoms. The van der Waals surface area contributed by atoms with Gasteiger partial charge in [0.2, 0.25) is 0 Å². The fourth-order valence-corrected chi connectivity index (χ4v) is 3.96. The number of methoxy groups -OCH3 is 1. The summed E-state index contributed by atoms with van der Waals surface area (Å²) in [7, 11) is 1.33. The van der Waals surface area contributed by atoms with Gasteiger partial charge in [-0.05, 0) is 54.4 Å². The Bertz CT molecular complexity index is 1240. The van der Waals surface area contributed by atoms with Gasteiger partial charge in [0, 0.05) is 24.5 Å². The number of amides is 1. The van der Waals surface area contributed by atoms with Crippen molar-refractivity contribution in [1.29, 1.82) is 0 Å². The minimum absolute atomic E-state index is 0.00311. The number of carbonyl (C=O) groups is 2. The van der Waals surface area contributed by atoms with E-state index in [-0.39, 0.29) is 23.4 Å². The number of carbonyl (C=O) groups excluding carboxylic acids is 2. The first-order valence-corrected chi connectivity index (χ1v) is 10.7. The molecule has 1 amide bonds. The van der Waals surface area contributed by atoms with Crippen LogP contribution in [0, 0.1) is 5.82 Å². The second kappa shape index (κ2) is 9.74. The fourth-order valence-electron chi connectivity index (χ4n) is 3.96. The molecule has 1 fully saturated rings. The average molecular weight is 462 g/mol. The molecule has 0 saturated carbocycles. The number of hydrogen-bond donors (Lipinski definition) is 1. The maximum absolute atomic E-state index is 14.3. The molecular formula is C26H23FN2O5. The Morgan fingerprint density at radius 1 is 1.15 bits per heavy atom. The lowest BCUT2D eigenvalue weighted by Crippen LogP contribution is -2.29. The molecule has 0 radical (unpaired) electrons. The monoisotopic (exact) mass is 462 g/mol. The van der Waals surface area contributed by atoms with E-state index < -0.39 is 29.3 Å².